The lowest BCUT2D eigenvalue weighted by Gasteiger charge is -2.01. The number of methoxy groups -OCH3 is 1. The van der Waals surface area contributed by atoms with Crippen LogP contribution in [0, 0.1) is 0 Å². The fourth-order valence-electron chi connectivity index (χ4n) is 1.95. The van der Waals surface area contributed by atoms with E-state index in [1.165, 1.54) is 17.5 Å². The van der Waals surface area contributed by atoms with E-state index in [1.54, 1.807) is 7.11 Å². The van der Waals surface area contributed by atoms with Crippen LogP contribution in [0.4, 0.5) is 0 Å². The Labute approximate surface area is 151 Å². The van der Waals surface area contributed by atoms with Crippen molar-refractivity contribution in [1.82, 2.24) is 5.32 Å². The monoisotopic (exact) mass is 345 g/mol. The number of benzene rings is 2. The molecular formula is C21H31NO3. The molecule has 2 rings (SSSR count). The Balaban J connectivity index is 0.000000365. The molecule has 0 aliphatic heterocycles. The van der Waals surface area contributed by atoms with Crippen LogP contribution in [0.3, 0.4) is 0 Å². The van der Waals surface area contributed by atoms with Gasteiger partial charge in [-0.05, 0) is 36.1 Å². The quantitative estimate of drug-likeness (QED) is 0.595. The predicted octanol–water partition coefficient (Wildman–Crippen LogP) is 3.62. The first-order valence-corrected chi connectivity index (χ1v) is 8.66. The predicted molar refractivity (Wildman–Crippen MR) is 104 cm³/mol. The van der Waals surface area contributed by atoms with Crippen LogP contribution in [0.25, 0.3) is 0 Å². The van der Waals surface area contributed by atoms with Gasteiger partial charge in [-0.3, -0.25) is 4.79 Å². The molecule has 0 atom stereocenters. The molecule has 0 radical (unpaired) electrons. The number of aryl methyl sites for hydroxylation is 2. The van der Waals surface area contributed by atoms with Crippen LogP contribution in [-0.2, 0) is 17.6 Å². The van der Waals surface area contributed by atoms with Crippen LogP contribution >= 0.6 is 0 Å². The van der Waals surface area contributed by atoms with Gasteiger partial charge in [-0.2, -0.15) is 0 Å². The third-order valence-electron chi connectivity index (χ3n) is 3.26. The summed E-state index contributed by atoms with van der Waals surface area (Å²) in [6.45, 7) is 4.71. The largest absolute Gasteiger partial charge is 0.497 e. The Bertz CT molecular complexity index is 544. The standard InChI is InChI=1S/C10H14O.C8H10.C3H7NO2/c1-3-5-9-6-4-7-10(8-9)11-2;1-2-8-6-4-3-5-7-8;5-2-1-4-3-6/h4,6-8H,3,5H2,1-2H3;3-7H,2H2,1H3;3,5H,1-2H2,(H,4,6). The fourth-order valence-corrected chi connectivity index (χ4v) is 1.95. The van der Waals surface area contributed by atoms with Crippen LogP contribution in [0.15, 0.2) is 54.6 Å². The van der Waals surface area contributed by atoms with E-state index in [4.69, 9.17) is 9.84 Å². The van der Waals surface area contributed by atoms with Gasteiger partial charge in [-0.1, -0.05) is 62.7 Å². The molecule has 0 saturated carbocycles. The molecule has 0 bridgehead atoms. The third kappa shape index (κ3) is 12.7. The molecule has 1 amide bonds. The van der Waals surface area contributed by atoms with Gasteiger partial charge in [0.15, 0.2) is 0 Å². The van der Waals surface area contributed by atoms with Crippen molar-refractivity contribution in [2.45, 2.75) is 33.1 Å². The van der Waals surface area contributed by atoms with E-state index in [1.807, 2.05) is 18.2 Å². The molecule has 4 nitrogen and oxygen atoms in total. The van der Waals surface area contributed by atoms with E-state index in [0.717, 1.165) is 18.6 Å². The molecule has 4 heteroatoms. The molecule has 0 aliphatic carbocycles. The van der Waals surface area contributed by atoms with Crippen LogP contribution in [0.5, 0.6) is 5.75 Å². The highest BCUT2D eigenvalue weighted by Crippen LogP contribution is 2.13. The van der Waals surface area contributed by atoms with Crippen molar-refractivity contribution in [3.05, 3.63) is 65.7 Å². The molecule has 0 aliphatic rings. The lowest BCUT2D eigenvalue weighted by molar-refractivity contribution is -0.109. The average molecular weight is 345 g/mol. The number of aliphatic hydroxyl groups excluding tert-OH is 1. The summed E-state index contributed by atoms with van der Waals surface area (Å²) in [5.41, 5.74) is 2.76. The van der Waals surface area contributed by atoms with E-state index in [-0.39, 0.29) is 6.61 Å². The molecular weight excluding hydrogens is 314 g/mol. The second kappa shape index (κ2) is 16.5. The smallest absolute Gasteiger partial charge is 0.207 e. The Morgan fingerprint density at radius 2 is 1.72 bits per heavy atom. The van der Waals surface area contributed by atoms with E-state index in [2.05, 4.69) is 55.6 Å². The SMILES string of the molecule is CCCc1cccc(OC)c1.CCc1ccccc1.O=CNCCO. The van der Waals surface area contributed by atoms with Crippen molar-refractivity contribution >= 4 is 6.41 Å². The first-order valence-electron chi connectivity index (χ1n) is 8.66. The van der Waals surface area contributed by atoms with Crippen molar-refractivity contribution in [3.8, 4) is 5.75 Å². The summed E-state index contributed by atoms with van der Waals surface area (Å²) < 4.78 is 5.10. The van der Waals surface area contributed by atoms with Crippen molar-refractivity contribution in [2.75, 3.05) is 20.3 Å². The van der Waals surface area contributed by atoms with Crippen molar-refractivity contribution in [1.29, 1.82) is 0 Å². The third-order valence-corrected chi connectivity index (χ3v) is 3.26. The lowest BCUT2D eigenvalue weighted by atomic mass is 10.1. The molecule has 2 aromatic rings. The fraction of sp³-hybridized carbons (Fsp3) is 0.381. The van der Waals surface area contributed by atoms with Crippen molar-refractivity contribution in [2.24, 2.45) is 0 Å². The van der Waals surface area contributed by atoms with Gasteiger partial charge in [-0.25, -0.2) is 0 Å². The number of aliphatic hydroxyl groups is 1. The molecule has 0 unspecified atom stereocenters. The van der Waals surface area contributed by atoms with Crippen LogP contribution < -0.4 is 10.1 Å². The Hall–Kier alpha value is -2.33. The van der Waals surface area contributed by atoms with Gasteiger partial charge in [0.1, 0.15) is 5.75 Å². The van der Waals surface area contributed by atoms with E-state index < -0.39 is 0 Å². The molecule has 2 aromatic carbocycles. The summed E-state index contributed by atoms with van der Waals surface area (Å²) in [4.78, 5) is 9.34. The van der Waals surface area contributed by atoms with Gasteiger partial charge < -0.3 is 15.2 Å². The minimum atomic E-state index is 0.0126. The highest BCUT2D eigenvalue weighted by Gasteiger charge is 1.92. The summed E-state index contributed by atoms with van der Waals surface area (Å²) in [6.07, 6.45) is 4.02. The van der Waals surface area contributed by atoms with E-state index >= 15 is 0 Å². The Morgan fingerprint density at radius 3 is 2.16 bits per heavy atom. The molecule has 0 spiro atoms. The normalized spacial score (nSPS) is 8.96. The van der Waals surface area contributed by atoms with Gasteiger partial charge in [-0.15, -0.1) is 0 Å². The molecule has 0 fully saturated rings. The minimum Gasteiger partial charge on any atom is -0.497 e. The van der Waals surface area contributed by atoms with Crippen molar-refractivity contribution in [3.63, 3.8) is 0 Å². The number of nitrogens with one attached hydrogen (secondary N) is 1. The lowest BCUT2D eigenvalue weighted by Crippen LogP contribution is -2.14. The van der Waals surface area contributed by atoms with Gasteiger partial charge in [0.2, 0.25) is 6.41 Å². The Kier molecular flexibility index (Phi) is 15.0. The van der Waals surface area contributed by atoms with Crippen molar-refractivity contribution < 1.29 is 14.6 Å². The number of hydrogen-bond donors (Lipinski definition) is 2. The molecule has 0 heterocycles. The average Bonchev–Trinajstić information content (AvgIpc) is 2.68. The second-order valence-corrected chi connectivity index (χ2v) is 5.24. The van der Waals surface area contributed by atoms with Gasteiger partial charge in [0.05, 0.1) is 13.7 Å². The summed E-state index contributed by atoms with van der Waals surface area (Å²) in [5.74, 6) is 0.955. The zero-order valence-electron chi connectivity index (χ0n) is 15.6. The number of amides is 1. The zero-order valence-corrected chi connectivity index (χ0v) is 15.6. The number of carbonyl (C=O) groups is 1. The number of rotatable bonds is 7. The highest BCUT2D eigenvalue weighted by molar-refractivity contribution is 5.45. The molecule has 25 heavy (non-hydrogen) atoms. The highest BCUT2D eigenvalue weighted by atomic mass is 16.5. The number of carbonyl (C=O) groups excluding carboxylic acids is 1. The second-order valence-electron chi connectivity index (χ2n) is 5.24. The number of ether oxygens (including phenoxy) is 1. The summed E-state index contributed by atoms with van der Waals surface area (Å²) in [7, 11) is 1.70. The first-order chi connectivity index (χ1) is 12.2. The van der Waals surface area contributed by atoms with Gasteiger partial charge in [0.25, 0.3) is 0 Å². The van der Waals surface area contributed by atoms with Gasteiger partial charge in [0, 0.05) is 6.54 Å². The summed E-state index contributed by atoms with van der Waals surface area (Å²) in [6, 6.07) is 18.7. The van der Waals surface area contributed by atoms with Crippen LogP contribution in [-0.4, -0.2) is 31.8 Å². The van der Waals surface area contributed by atoms with E-state index in [0.29, 0.717) is 13.0 Å². The molecule has 0 saturated heterocycles. The topological polar surface area (TPSA) is 58.6 Å². The minimum absolute atomic E-state index is 0.0126. The maximum Gasteiger partial charge on any atom is 0.207 e. The maximum atomic E-state index is 9.34. The Morgan fingerprint density at radius 1 is 1.04 bits per heavy atom. The maximum absolute atomic E-state index is 9.34. The molecule has 2 N–H and O–H groups in total. The molecule has 0 aromatic heterocycles. The number of hydrogen-bond acceptors (Lipinski definition) is 3. The summed E-state index contributed by atoms with van der Waals surface area (Å²) in [5, 5.41) is 10.2. The molecule has 138 valence electrons. The summed E-state index contributed by atoms with van der Waals surface area (Å²) >= 11 is 0. The van der Waals surface area contributed by atoms with Gasteiger partial charge >= 0.3 is 0 Å². The first kappa shape index (κ1) is 22.7. The van der Waals surface area contributed by atoms with E-state index in [9.17, 15) is 4.79 Å². The zero-order chi connectivity index (χ0) is 18.8. The van der Waals surface area contributed by atoms with Crippen LogP contribution in [0.1, 0.15) is 31.4 Å². The van der Waals surface area contributed by atoms with Crippen LogP contribution in [0.2, 0.25) is 0 Å².